The number of hydrogen-bond donors (Lipinski definition) is 2. The molecule has 34 heavy (non-hydrogen) atoms. The molecule has 0 spiro atoms. The summed E-state index contributed by atoms with van der Waals surface area (Å²) in [6.07, 6.45) is -0.793. The quantitative estimate of drug-likeness (QED) is 0.528. The van der Waals surface area contributed by atoms with E-state index in [1.807, 2.05) is 6.07 Å². The van der Waals surface area contributed by atoms with Gasteiger partial charge in [-0.1, -0.05) is 42.4 Å². The number of ether oxygens (including phenoxy) is 1. The zero-order chi connectivity index (χ0) is 24.7. The first-order valence-electron chi connectivity index (χ1n) is 10.9. The fourth-order valence-electron chi connectivity index (χ4n) is 3.38. The molecule has 184 valence electrons. The Hall–Kier alpha value is -3.41. The van der Waals surface area contributed by atoms with Crippen LogP contribution in [0.25, 0.3) is 11.4 Å². The molecule has 1 aliphatic heterocycles. The third kappa shape index (κ3) is 6.80. The van der Waals surface area contributed by atoms with E-state index >= 15 is 0 Å². The minimum Gasteiger partial charge on any atom is -0.378 e. The predicted molar refractivity (Wildman–Crippen MR) is 116 cm³/mol. The second-order valence-electron chi connectivity index (χ2n) is 8.00. The summed E-state index contributed by atoms with van der Waals surface area (Å²) in [7, 11) is 0. The van der Waals surface area contributed by atoms with Crippen LogP contribution in [0.4, 0.5) is 13.6 Å². The van der Waals surface area contributed by atoms with Crippen molar-refractivity contribution in [2.24, 2.45) is 0 Å². The first-order chi connectivity index (χ1) is 16.2. The van der Waals surface area contributed by atoms with Crippen molar-refractivity contribution in [3.63, 3.8) is 0 Å². The predicted octanol–water partition coefficient (Wildman–Crippen LogP) is 2.27. The number of ketones is 1. The molecule has 0 radical (unpaired) electrons. The molecular formula is C22H27F2N5O5. The first kappa shape index (κ1) is 25.2. The number of rotatable bonds is 9. The summed E-state index contributed by atoms with van der Waals surface area (Å²) in [6.45, 7) is 3.47. The summed E-state index contributed by atoms with van der Waals surface area (Å²) in [5.41, 5.74) is 0.637. The molecule has 2 N–H and O–H groups in total. The third-order valence-corrected chi connectivity index (χ3v) is 5.19. The molecule has 1 aliphatic rings. The number of aromatic nitrogens is 2. The third-order valence-electron chi connectivity index (χ3n) is 5.19. The number of carbonyl (C=O) groups is 3. The molecule has 1 saturated heterocycles. The zero-order valence-corrected chi connectivity index (χ0v) is 18.9. The molecule has 1 aromatic carbocycles. The molecule has 0 saturated carbocycles. The van der Waals surface area contributed by atoms with E-state index in [9.17, 15) is 23.2 Å². The van der Waals surface area contributed by atoms with Crippen LogP contribution < -0.4 is 10.6 Å². The van der Waals surface area contributed by atoms with E-state index in [-0.39, 0.29) is 31.2 Å². The van der Waals surface area contributed by atoms with Crippen LogP contribution in [0.5, 0.6) is 0 Å². The second-order valence-corrected chi connectivity index (χ2v) is 8.00. The number of morpholine rings is 1. The van der Waals surface area contributed by atoms with Gasteiger partial charge in [-0.15, -0.1) is 0 Å². The van der Waals surface area contributed by atoms with Gasteiger partial charge < -0.3 is 24.8 Å². The summed E-state index contributed by atoms with van der Waals surface area (Å²) >= 11 is 0. The largest absolute Gasteiger partial charge is 0.378 e. The highest BCUT2D eigenvalue weighted by molar-refractivity contribution is 5.99. The van der Waals surface area contributed by atoms with E-state index in [4.69, 9.17) is 9.26 Å². The van der Waals surface area contributed by atoms with E-state index in [2.05, 4.69) is 20.8 Å². The summed E-state index contributed by atoms with van der Waals surface area (Å²) in [5.74, 6) is -4.92. The van der Waals surface area contributed by atoms with Crippen LogP contribution in [-0.4, -0.2) is 77.1 Å². The molecule has 3 rings (SSSR count). The lowest BCUT2D eigenvalue weighted by Crippen LogP contribution is -2.56. The van der Waals surface area contributed by atoms with Gasteiger partial charge in [-0.25, -0.2) is 13.6 Å². The van der Waals surface area contributed by atoms with Crippen molar-refractivity contribution in [1.82, 2.24) is 25.7 Å². The standard InChI is InChI=1S/C22H27F2N5O5/c1-3-15(17(30)20-27-18(28-34-20)14-7-5-4-6-8-14)25-19(31)16(13-22(2,23)24)26-21(32)29-9-11-33-12-10-29/h4-8,15-16H,3,9-13H2,1-2H3,(H,25,31)(H,26,32)/t15-,16-/m0/s1. The molecule has 1 aromatic heterocycles. The molecule has 2 atom stereocenters. The zero-order valence-electron chi connectivity index (χ0n) is 18.9. The van der Waals surface area contributed by atoms with Crippen molar-refractivity contribution in [1.29, 1.82) is 0 Å². The number of benzene rings is 1. The van der Waals surface area contributed by atoms with Gasteiger partial charge in [0.2, 0.25) is 23.4 Å². The maximum absolute atomic E-state index is 13.8. The Bertz CT molecular complexity index is 989. The molecule has 10 nitrogen and oxygen atoms in total. The molecule has 0 unspecified atom stereocenters. The van der Waals surface area contributed by atoms with E-state index in [1.54, 1.807) is 31.2 Å². The van der Waals surface area contributed by atoms with Crippen molar-refractivity contribution in [3.8, 4) is 11.4 Å². The highest BCUT2D eigenvalue weighted by Crippen LogP contribution is 2.20. The maximum atomic E-state index is 13.8. The Balaban J connectivity index is 1.69. The number of amides is 3. The Kier molecular flexibility index (Phi) is 8.26. The molecule has 2 aromatic rings. The Morgan fingerprint density at radius 2 is 1.79 bits per heavy atom. The SMILES string of the molecule is CC[C@H](NC(=O)[C@H](CC(C)(F)F)NC(=O)N1CCOCC1)C(=O)c1nc(-c2ccccc2)no1. The summed E-state index contributed by atoms with van der Waals surface area (Å²) < 4.78 is 37.8. The van der Waals surface area contributed by atoms with Crippen molar-refractivity contribution < 1.29 is 32.4 Å². The van der Waals surface area contributed by atoms with E-state index in [0.717, 1.165) is 0 Å². The number of carbonyl (C=O) groups excluding carboxylic acids is 3. The number of Topliss-reactive ketones (excluding diaryl/α,β-unsaturated/α-hetero) is 1. The minimum absolute atomic E-state index is 0.139. The summed E-state index contributed by atoms with van der Waals surface area (Å²) in [4.78, 5) is 43.7. The number of urea groups is 1. The number of nitrogens with one attached hydrogen (secondary N) is 2. The first-order valence-corrected chi connectivity index (χ1v) is 10.9. The van der Waals surface area contributed by atoms with Gasteiger partial charge in [0.25, 0.3) is 5.89 Å². The van der Waals surface area contributed by atoms with Crippen LogP contribution in [0.3, 0.4) is 0 Å². The number of nitrogens with zero attached hydrogens (tertiary/aromatic N) is 3. The molecule has 3 amide bonds. The monoisotopic (exact) mass is 479 g/mol. The van der Waals surface area contributed by atoms with Crippen LogP contribution in [-0.2, 0) is 9.53 Å². The smallest absolute Gasteiger partial charge is 0.318 e. The fourth-order valence-corrected chi connectivity index (χ4v) is 3.38. The summed E-state index contributed by atoms with van der Waals surface area (Å²) in [6, 6.07) is 5.53. The van der Waals surface area contributed by atoms with Gasteiger partial charge in [-0.05, 0) is 13.3 Å². The Labute approximate surface area is 195 Å². The van der Waals surface area contributed by atoms with Crippen molar-refractivity contribution in [3.05, 3.63) is 36.2 Å². The number of hydrogen-bond acceptors (Lipinski definition) is 7. The van der Waals surface area contributed by atoms with E-state index in [0.29, 0.717) is 25.7 Å². The van der Waals surface area contributed by atoms with Crippen molar-refractivity contribution in [2.45, 2.75) is 44.7 Å². The highest BCUT2D eigenvalue weighted by Gasteiger charge is 2.35. The molecule has 0 aliphatic carbocycles. The summed E-state index contributed by atoms with van der Waals surface area (Å²) in [5, 5.41) is 8.58. The lowest BCUT2D eigenvalue weighted by molar-refractivity contribution is -0.126. The number of halogens is 2. The Morgan fingerprint density at radius 3 is 2.41 bits per heavy atom. The van der Waals surface area contributed by atoms with Crippen molar-refractivity contribution in [2.75, 3.05) is 26.3 Å². The minimum atomic E-state index is -3.23. The van der Waals surface area contributed by atoms with Gasteiger partial charge in [-0.3, -0.25) is 9.59 Å². The van der Waals surface area contributed by atoms with Gasteiger partial charge in [-0.2, -0.15) is 4.98 Å². The Morgan fingerprint density at radius 1 is 1.12 bits per heavy atom. The van der Waals surface area contributed by atoms with Gasteiger partial charge in [0.15, 0.2) is 0 Å². The van der Waals surface area contributed by atoms with Crippen LogP contribution in [0, 0.1) is 0 Å². The lowest BCUT2D eigenvalue weighted by Gasteiger charge is -2.30. The fraction of sp³-hybridized carbons (Fsp3) is 0.500. The average molecular weight is 479 g/mol. The van der Waals surface area contributed by atoms with Gasteiger partial charge >= 0.3 is 6.03 Å². The van der Waals surface area contributed by atoms with Crippen LogP contribution >= 0.6 is 0 Å². The number of alkyl halides is 2. The maximum Gasteiger partial charge on any atom is 0.318 e. The van der Waals surface area contributed by atoms with Crippen molar-refractivity contribution >= 4 is 17.7 Å². The average Bonchev–Trinajstić information content (AvgIpc) is 3.32. The highest BCUT2D eigenvalue weighted by atomic mass is 19.3. The normalized spacial score (nSPS) is 15.9. The topological polar surface area (TPSA) is 127 Å². The lowest BCUT2D eigenvalue weighted by atomic mass is 10.1. The molecule has 1 fully saturated rings. The van der Waals surface area contributed by atoms with Gasteiger partial charge in [0, 0.05) is 25.1 Å². The second kappa shape index (κ2) is 11.1. The van der Waals surface area contributed by atoms with E-state index in [1.165, 1.54) is 4.90 Å². The molecule has 0 bridgehead atoms. The van der Waals surface area contributed by atoms with Gasteiger partial charge in [0.1, 0.15) is 6.04 Å². The molecular weight excluding hydrogens is 452 g/mol. The van der Waals surface area contributed by atoms with Crippen LogP contribution in [0.1, 0.15) is 37.4 Å². The van der Waals surface area contributed by atoms with Crippen LogP contribution in [0.2, 0.25) is 0 Å². The van der Waals surface area contributed by atoms with E-state index < -0.39 is 42.1 Å². The van der Waals surface area contributed by atoms with Crippen LogP contribution in [0.15, 0.2) is 34.9 Å². The molecule has 2 heterocycles. The van der Waals surface area contributed by atoms with Gasteiger partial charge in [0.05, 0.1) is 19.3 Å². The molecule has 12 heteroatoms.